The summed E-state index contributed by atoms with van der Waals surface area (Å²) in [7, 11) is 0. The highest BCUT2D eigenvalue weighted by Gasteiger charge is 2.13. The van der Waals surface area contributed by atoms with E-state index in [-0.39, 0.29) is 5.41 Å². The molecule has 0 aliphatic heterocycles. The van der Waals surface area contributed by atoms with Crippen LogP contribution < -0.4 is 0 Å². The molecule has 1 aromatic rings. The monoisotopic (exact) mass is 318 g/mol. The summed E-state index contributed by atoms with van der Waals surface area (Å²) in [4.78, 5) is 0.413. The van der Waals surface area contributed by atoms with Crippen LogP contribution in [0.15, 0.2) is 24.3 Å². The van der Waals surface area contributed by atoms with E-state index >= 15 is 0 Å². The minimum Gasteiger partial charge on any atom is -0.0912 e. The van der Waals surface area contributed by atoms with Crippen LogP contribution in [0.2, 0.25) is 0 Å². The zero-order valence-electron chi connectivity index (χ0n) is 8.85. The second-order valence-electron chi connectivity index (χ2n) is 4.49. The fourth-order valence-electron chi connectivity index (χ4n) is 1.28. The van der Waals surface area contributed by atoms with Gasteiger partial charge < -0.3 is 0 Å². The molecule has 2 heteroatoms. The lowest BCUT2D eigenvalue weighted by molar-refractivity contribution is 0.590. The van der Waals surface area contributed by atoms with Crippen LogP contribution in [0.5, 0.6) is 0 Å². The first kappa shape index (κ1) is 12.3. The van der Waals surface area contributed by atoms with Crippen LogP contribution in [0, 0.1) is 0 Å². The Bertz CT molecular complexity index is 282. The molecule has 0 saturated carbocycles. The van der Waals surface area contributed by atoms with Crippen LogP contribution in [0.25, 0.3) is 0 Å². The molecule has 0 aliphatic rings. The lowest BCUT2D eigenvalue weighted by atomic mass is 9.86. The van der Waals surface area contributed by atoms with Crippen LogP contribution in [-0.4, -0.2) is 5.33 Å². The largest absolute Gasteiger partial charge is 0.0912 e. The molecule has 1 atom stereocenters. The third-order valence-electron chi connectivity index (χ3n) is 2.27. The summed E-state index contributed by atoms with van der Waals surface area (Å²) in [6, 6.07) is 8.82. The molecule has 0 fully saturated rings. The maximum atomic E-state index is 3.61. The molecular formula is C12H16Br2. The lowest BCUT2D eigenvalue weighted by Crippen LogP contribution is -2.10. The van der Waals surface area contributed by atoms with Gasteiger partial charge in [0.05, 0.1) is 0 Å². The van der Waals surface area contributed by atoms with Gasteiger partial charge in [0.15, 0.2) is 0 Å². The maximum Gasteiger partial charge on any atom is 0.0492 e. The van der Waals surface area contributed by atoms with Gasteiger partial charge in [-0.15, -0.1) is 0 Å². The minimum atomic E-state index is 0.245. The summed E-state index contributed by atoms with van der Waals surface area (Å²) in [5.41, 5.74) is 2.96. The number of benzene rings is 1. The second kappa shape index (κ2) is 4.80. The van der Waals surface area contributed by atoms with Crippen molar-refractivity contribution >= 4 is 31.9 Å². The summed E-state index contributed by atoms with van der Waals surface area (Å²) < 4.78 is 0. The molecule has 0 N–H and O–H groups in total. The number of hydrogen-bond donors (Lipinski definition) is 0. The van der Waals surface area contributed by atoms with E-state index < -0.39 is 0 Å². The van der Waals surface area contributed by atoms with Gasteiger partial charge in [0.25, 0.3) is 0 Å². The molecule has 0 aliphatic carbocycles. The Kier molecular flexibility index (Phi) is 4.20. The molecule has 1 unspecified atom stereocenters. The fraction of sp³-hybridized carbons (Fsp3) is 0.500. The molecule has 0 nitrogen and oxygen atoms in total. The van der Waals surface area contributed by atoms with Crippen LogP contribution in [0.3, 0.4) is 0 Å². The lowest BCUT2D eigenvalue weighted by Gasteiger charge is -2.19. The minimum absolute atomic E-state index is 0.245. The van der Waals surface area contributed by atoms with E-state index in [1.807, 2.05) is 0 Å². The quantitative estimate of drug-likeness (QED) is 0.686. The van der Waals surface area contributed by atoms with Crippen molar-refractivity contribution in [2.24, 2.45) is 0 Å². The maximum absolute atomic E-state index is 3.61. The van der Waals surface area contributed by atoms with Gasteiger partial charge in [-0.1, -0.05) is 76.9 Å². The summed E-state index contributed by atoms with van der Waals surface area (Å²) in [6.45, 7) is 6.70. The molecule has 0 spiro atoms. The van der Waals surface area contributed by atoms with Gasteiger partial charge in [-0.25, -0.2) is 0 Å². The van der Waals surface area contributed by atoms with Gasteiger partial charge >= 0.3 is 0 Å². The van der Waals surface area contributed by atoms with E-state index in [1.165, 1.54) is 11.1 Å². The average Bonchev–Trinajstić information content (AvgIpc) is 2.15. The molecular weight excluding hydrogens is 304 g/mol. The normalized spacial score (nSPS) is 14.1. The van der Waals surface area contributed by atoms with Gasteiger partial charge in [-0.05, 0) is 16.5 Å². The molecule has 0 radical (unpaired) electrons. The summed E-state index contributed by atoms with van der Waals surface area (Å²) >= 11 is 7.08. The highest BCUT2D eigenvalue weighted by molar-refractivity contribution is 9.12. The van der Waals surface area contributed by atoms with E-state index in [0.717, 1.165) is 5.33 Å². The summed E-state index contributed by atoms with van der Waals surface area (Å²) in [6.07, 6.45) is 0. The SMILES string of the molecule is CC(C)(C)c1ccc(C(Br)CBr)cc1. The van der Waals surface area contributed by atoms with Crippen molar-refractivity contribution < 1.29 is 0 Å². The number of halogens is 2. The van der Waals surface area contributed by atoms with Gasteiger partial charge in [-0.2, -0.15) is 0 Å². The van der Waals surface area contributed by atoms with Crippen LogP contribution in [0.1, 0.15) is 36.7 Å². The zero-order valence-corrected chi connectivity index (χ0v) is 12.0. The van der Waals surface area contributed by atoms with Gasteiger partial charge in [0, 0.05) is 10.2 Å². The molecule has 1 rings (SSSR count). The van der Waals surface area contributed by atoms with Gasteiger partial charge in [0.2, 0.25) is 0 Å². The molecule has 0 heterocycles. The standard InChI is InChI=1S/C12H16Br2/c1-12(2,3)10-6-4-9(5-7-10)11(14)8-13/h4-7,11H,8H2,1-3H3. The van der Waals surface area contributed by atoms with E-state index in [9.17, 15) is 0 Å². The summed E-state index contributed by atoms with van der Waals surface area (Å²) in [5, 5.41) is 0.946. The Hall–Kier alpha value is 0.180. The Labute approximate surface area is 103 Å². The number of alkyl halides is 2. The Morgan fingerprint density at radius 1 is 1.14 bits per heavy atom. The molecule has 78 valence electrons. The van der Waals surface area contributed by atoms with Gasteiger partial charge in [-0.3, -0.25) is 0 Å². The first-order chi connectivity index (χ1) is 6.45. The van der Waals surface area contributed by atoms with Crippen molar-refractivity contribution in [3.05, 3.63) is 35.4 Å². The van der Waals surface area contributed by atoms with Crippen LogP contribution in [-0.2, 0) is 5.41 Å². The molecule has 0 aromatic heterocycles. The van der Waals surface area contributed by atoms with E-state index in [4.69, 9.17) is 0 Å². The Morgan fingerprint density at radius 3 is 2.00 bits per heavy atom. The van der Waals surface area contributed by atoms with E-state index in [0.29, 0.717) is 4.83 Å². The first-order valence-electron chi connectivity index (χ1n) is 4.75. The highest BCUT2D eigenvalue weighted by Crippen LogP contribution is 2.28. The predicted molar refractivity (Wildman–Crippen MR) is 70.6 cm³/mol. The first-order valence-corrected chi connectivity index (χ1v) is 6.79. The van der Waals surface area contributed by atoms with E-state index in [2.05, 4.69) is 76.9 Å². The highest BCUT2D eigenvalue weighted by atomic mass is 79.9. The molecule has 0 bridgehead atoms. The van der Waals surface area contributed by atoms with Crippen molar-refractivity contribution in [2.45, 2.75) is 31.0 Å². The van der Waals surface area contributed by atoms with Crippen LogP contribution in [0.4, 0.5) is 0 Å². The van der Waals surface area contributed by atoms with Crippen molar-refractivity contribution in [3.8, 4) is 0 Å². The predicted octanol–water partition coefficient (Wildman–Crippen LogP) is 4.82. The molecule has 14 heavy (non-hydrogen) atoms. The molecule has 1 aromatic carbocycles. The van der Waals surface area contributed by atoms with Crippen molar-refractivity contribution in [2.75, 3.05) is 5.33 Å². The molecule has 0 saturated heterocycles. The number of hydrogen-bond acceptors (Lipinski definition) is 0. The van der Waals surface area contributed by atoms with E-state index in [1.54, 1.807) is 0 Å². The smallest absolute Gasteiger partial charge is 0.0492 e. The number of rotatable bonds is 2. The van der Waals surface area contributed by atoms with Crippen molar-refractivity contribution in [3.63, 3.8) is 0 Å². The fourth-order valence-corrected chi connectivity index (χ4v) is 1.96. The topological polar surface area (TPSA) is 0 Å². The Balaban J connectivity index is 2.89. The summed E-state index contributed by atoms with van der Waals surface area (Å²) in [5.74, 6) is 0. The molecule has 0 amide bonds. The van der Waals surface area contributed by atoms with Gasteiger partial charge in [0.1, 0.15) is 0 Å². The average molecular weight is 320 g/mol. The zero-order chi connectivity index (χ0) is 10.8. The van der Waals surface area contributed by atoms with Crippen molar-refractivity contribution in [1.82, 2.24) is 0 Å². The second-order valence-corrected chi connectivity index (χ2v) is 6.25. The third kappa shape index (κ3) is 3.09. The van der Waals surface area contributed by atoms with Crippen molar-refractivity contribution in [1.29, 1.82) is 0 Å². The Morgan fingerprint density at radius 2 is 1.64 bits per heavy atom. The van der Waals surface area contributed by atoms with Crippen LogP contribution >= 0.6 is 31.9 Å². The third-order valence-corrected chi connectivity index (χ3v) is 4.64.